The molecular weight excluding hydrogens is 249 g/mol. The van der Waals surface area contributed by atoms with Crippen LogP contribution in [0, 0.1) is 12.7 Å². The van der Waals surface area contributed by atoms with Crippen LogP contribution in [0.25, 0.3) is 0 Å². The Morgan fingerprint density at radius 3 is 2.74 bits per heavy atom. The molecule has 19 heavy (non-hydrogen) atoms. The summed E-state index contributed by atoms with van der Waals surface area (Å²) >= 11 is 0. The molecule has 0 unspecified atom stereocenters. The smallest absolute Gasteiger partial charge is 0.335 e. The Morgan fingerprint density at radius 2 is 2.11 bits per heavy atom. The van der Waals surface area contributed by atoms with Crippen LogP contribution in [0.4, 0.5) is 4.39 Å². The normalized spacial score (nSPS) is 10.6. The van der Waals surface area contributed by atoms with Crippen molar-refractivity contribution < 1.29 is 18.7 Å². The number of carboxylic acids is 1. The molecule has 5 heteroatoms. The summed E-state index contributed by atoms with van der Waals surface area (Å²) in [4.78, 5) is 10.8. The molecule has 2 aromatic rings. The minimum atomic E-state index is -1.07. The number of rotatable bonds is 5. The van der Waals surface area contributed by atoms with Gasteiger partial charge in [-0.1, -0.05) is 0 Å². The highest BCUT2D eigenvalue weighted by molar-refractivity contribution is 5.87. The average molecular weight is 263 g/mol. The highest BCUT2D eigenvalue weighted by Crippen LogP contribution is 2.11. The Morgan fingerprint density at radius 1 is 1.32 bits per heavy atom. The van der Waals surface area contributed by atoms with Crippen LogP contribution < -0.4 is 5.32 Å². The van der Waals surface area contributed by atoms with Gasteiger partial charge in [0, 0.05) is 12.1 Å². The number of aromatic carboxylic acids is 1. The SMILES string of the molecule is Cc1ccc(CNCc2cc(C(=O)O)ccc2F)o1. The molecule has 0 aliphatic carbocycles. The zero-order valence-electron chi connectivity index (χ0n) is 10.4. The van der Waals surface area contributed by atoms with Crippen LogP contribution in [-0.2, 0) is 13.1 Å². The number of furan rings is 1. The Balaban J connectivity index is 1.99. The lowest BCUT2D eigenvalue weighted by molar-refractivity contribution is 0.0696. The Kier molecular flexibility index (Phi) is 3.97. The fourth-order valence-electron chi connectivity index (χ4n) is 1.74. The maximum Gasteiger partial charge on any atom is 0.335 e. The summed E-state index contributed by atoms with van der Waals surface area (Å²) in [6.45, 7) is 2.55. The molecule has 1 aromatic heterocycles. The zero-order valence-corrected chi connectivity index (χ0v) is 10.4. The van der Waals surface area contributed by atoms with Gasteiger partial charge in [-0.15, -0.1) is 0 Å². The lowest BCUT2D eigenvalue weighted by Crippen LogP contribution is -2.14. The van der Waals surface area contributed by atoms with Crippen molar-refractivity contribution in [2.75, 3.05) is 0 Å². The summed E-state index contributed by atoms with van der Waals surface area (Å²) in [6.07, 6.45) is 0. The van der Waals surface area contributed by atoms with Gasteiger partial charge in [-0.3, -0.25) is 0 Å². The Labute approximate surface area is 109 Å². The fraction of sp³-hybridized carbons (Fsp3) is 0.214. The number of nitrogens with one attached hydrogen (secondary N) is 1. The molecule has 0 radical (unpaired) electrons. The Hall–Kier alpha value is -2.14. The van der Waals surface area contributed by atoms with E-state index in [2.05, 4.69) is 5.32 Å². The lowest BCUT2D eigenvalue weighted by atomic mass is 10.1. The molecule has 4 nitrogen and oxygen atoms in total. The third-order valence-electron chi connectivity index (χ3n) is 2.70. The summed E-state index contributed by atoms with van der Waals surface area (Å²) in [5, 5.41) is 11.9. The van der Waals surface area contributed by atoms with Crippen LogP contribution in [0.15, 0.2) is 34.7 Å². The highest BCUT2D eigenvalue weighted by Gasteiger charge is 2.08. The molecule has 0 atom stereocenters. The number of hydrogen-bond acceptors (Lipinski definition) is 3. The Bertz CT molecular complexity index is 592. The van der Waals surface area contributed by atoms with Crippen LogP contribution >= 0.6 is 0 Å². The third-order valence-corrected chi connectivity index (χ3v) is 2.70. The topological polar surface area (TPSA) is 62.5 Å². The van der Waals surface area contributed by atoms with Crippen LogP contribution in [0.3, 0.4) is 0 Å². The van der Waals surface area contributed by atoms with Crippen LogP contribution in [0.5, 0.6) is 0 Å². The second-order valence-corrected chi connectivity index (χ2v) is 4.23. The van der Waals surface area contributed by atoms with Gasteiger partial charge in [-0.2, -0.15) is 0 Å². The van der Waals surface area contributed by atoms with Crippen molar-refractivity contribution in [1.82, 2.24) is 5.32 Å². The molecule has 1 heterocycles. The molecule has 100 valence electrons. The molecule has 2 N–H and O–H groups in total. The van der Waals surface area contributed by atoms with Gasteiger partial charge in [0.25, 0.3) is 0 Å². The summed E-state index contributed by atoms with van der Waals surface area (Å²) < 4.78 is 18.9. The van der Waals surface area contributed by atoms with Gasteiger partial charge in [0.2, 0.25) is 0 Å². The minimum Gasteiger partial charge on any atom is -0.478 e. The molecule has 0 saturated carbocycles. The molecule has 0 amide bonds. The van der Waals surface area contributed by atoms with E-state index in [1.807, 2.05) is 19.1 Å². The minimum absolute atomic E-state index is 0.0760. The summed E-state index contributed by atoms with van der Waals surface area (Å²) in [6, 6.07) is 7.43. The number of halogens is 1. The fourth-order valence-corrected chi connectivity index (χ4v) is 1.74. The molecule has 0 saturated heterocycles. The first-order valence-electron chi connectivity index (χ1n) is 5.84. The van der Waals surface area contributed by atoms with E-state index in [0.717, 1.165) is 17.6 Å². The quantitative estimate of drug-likeness (QED) is 0.870. The monoisotopic (exact) mass is 263 g/mol. The first-order chi connectivity index (χ1) is 9.06. The third kappa shape index (κ3) is 3.42. The van der Waals surface area contributed by atoms with Gasteiger partial charge < -0.3 is 14.8 Å². The van der Waals surface area contributed by atoms with Gasteiger partial charge in [0.15, 0.2) is 0 Å². The first-order valence-corrected chi connectivity index (χ1v) is 5.84. The van der Waals surface area contributed by atoms with Crippen molar-refractivity contribution in [3.8, 4) is 0 Å². The predicted molar refractivity (Wildman–Crippen MR) is 67.3 cm³/mol. The predicted octanol–water partition coefficient (Wildman–Crippen LogP) is 2.72. The van der Waals surface area contributed by atoms with E-state index in [9.17, 15) is 9.18 Å². The number of benzene rings is 1. The average Bonchev–Trinajstić information content (AvgIpc) is 2.77. The zero-order chi connectivity index (χ0) is 13.8. The summed E-state index contributed by atoms with van der Waals surface area (Å²) in [5.74, 6) is 0.0826. The van der Waals surface area contributed by atoms with E-state index in [0.29, 0.717) is 12.1 Å². The number of carbonyl (C=O) groups is 1. The number of hydrogen-bond donors (Lipinski definition) is 2. The van der Waals surface area contributed by atoms with Crippen LogP contribution in [0.2, 0.25) is 0 Å². The number of carboxylic acid groups (broad SMARTS) is 1. The van der Waals surface area contributed by atoms with Gasteiger partial charge >= 0.3 is 5.97 Å². The van der Waals surface area contributed by atoms with Crippen molar-refractivity contribution in [3.05, 3.63) is 58.8 Å². The van der Waals surface area contributed by atoms with E-state index < -0.39 is 11.8 Å². The largest absolute Gasteiger partial charge is 0.478 e. The summed E-state index contributed by atoms with van der Waals surface area (Å²) in [5.41, 5.74) is 0.398. The first kappa shape index (κ1) is 13.3. The second kappa shape index (κ2) is 5.67. The van der Waals surface area contributed by atoms with Gasteiger partial charge in [0.1, 0.15) is 17.3 Å². The maximum atomic E-state index is 13.5. The lowest BCUT2D eigenvalue weighted by Gasteiger charge is -2.06. The van der Waals surface area contributed by atoms with Crippen LogP contribution in [-0.4, -0.2) is 11.1 Å². The van der Waals surface area contributed by atoms with Crippen molar-refractivity contribution in [2.45, 2.75) is 20.0 Å². The molecule has 0 aliphatic heterocycles. The van der Waals surface area contributed by atoms with Crippen molar-refractivity contribution in [2.24, 2.45) is 0 Å². The molecule has 2 rings (SSSR count). The van der Waals surface area contributed by atoms with Crippen molar-refractivity contribution >= 4 is 5.97 Å². The molecule has 1 aromatic carbocycles. The highest BCUT2D eigenvalue weighted by atomic mass is 19.1. The van der Waals surface area contributed by atoms with E-state index in [1.54, 1.807) is 0 Å². The van der Waals surface area contributed by atoms with Crippen LogP contribution in [0.1, 0.15) is 27.4 Å². The summed E-state index contributed by atoms with van der Waals surface area (Å²) in [7, 11) is 0. The van der Waals surface area contributed by atoms with Crippen molar-refractivity contribution in [3.63, 3.8) is 0 Å². The molecular formula is C14H14FNO3. The molecule has 0 spiro atoms. The standard InChI is InChI=1S/C14H14FNO3/c1-9-2-4-12(19-9)8-16-7-11-6-10(14(17)18)3-5-13(11)15/h2-6,16H,7-8H2,1H3,(H,17,18). The van der Waals surface area contributed by atoms with E-state index >= 15 is 0 Å². The van der Waals surface area contributed by atoms with Gasteiger partial charge in [0.05, 0.1) is 12.1 Å². The van der Waals surface area contributed by atoms with E-state index in [4.69, 9.17) is 9.52 Å². The second-order valence-electron chi connectivity index (χ2n) is 4.23. The molecule has 0 fully saturated rings. The van der Waals surface area contributed by atoms with E-state index in [-0.39, 0.29) is 12.1 Å². The van der Waals surface area contributed by atoms with Crippen molar-refractivity contribution in [1.29, 1.82) is 0 Å². The number of aryl methyl sites for hydroxylation is 1. The molecule has 0 aliphatic rings. The van der Waals surface area contributed by atoms with E-state index in [1.165, 1.54) is 12.1 Å². The molecule has 0 bridgehead atoms. The van der Waals surface area contributed by atoms with Gasteiger partial charge in [-0.05, 0) is 37.3 Å². The maximum absolute atomic E-state index is 13.5. The van der Waals surface area contributed by atoms with Gasteiger partial charge in [-0.25, -0.2) is 9.18 Å².